The first-order chi connectivity index (χ1) is 13.5. The molecule has 2 amide bonds. The Morgan fingerprint density at radius 2 is 1.67 bits per heavy atom. The number of rotatable bonds is 6. The first kappa shape index (κ1) is 26.0. The minimum Gasteiger partial charge on any atom is -0.444 e. The molecule has 6 nitrogen and oxygen atoms in total. The number of benzene rings is 1. The number of aldehydes is 1. The highest BCUT2D eigenvalue weighted by atomic mass is 35.5. The summed E-state index contributed by atoms with van der Waals surface area (Å²) in [4.78, 5) is 37.4. The molecular weight excluding hydrogens is 448 g/mol. The summed E-state index contributed by atoms with van der Waals surface area (Å²) in [7, 11) is 2.20. The lowest BCUT2D eigenvalue weighted by Crippen LogP contribution is -2.56. The fourth-order valence-corrected chi connectivity index (χ4v) is 3.12. The summed E-state index contributed by atoms with van der Waals surface area (Å²) in [5.41, 5.74) is -2.41. The van der Waals surface area contributed by atoms with Gasteiger partial charge in [-0.1, -0.05) is 29.3 Å². The van der Waals surface area contributed by atoms with Crippen LogP contribution in [0.1, 0.15) is 32.8 Å². The molecule has 168 valence electrons. The van der Waals surface area contributed by atoms with Crippen LogP contribution in [-0.2, 0) is 19.9 Å². The van der Waals surface area contributed by atoms with Gasteiger partial charge in [-0.25, -0.2) is 4.79 Å². The third-order valence-corrected chi connectivity index (χ3v) is 5.01. The van der Waals surface area contributed by atoms with Gasteiger partial charge in [0.25, 0.3) is 0 Å². The fourth-order valence-electron chi connectivity index (χ4n) is 2.82. The molecule has 0 bridgehead atoms. The minimum absolute atomic E-state index is 0.0619. The number of carbonyl (C=O) groups excluding carboxylic acids is 3. The van der Waals surface area contributed by atoms with Gasteiger partial charge in [-0.15, -0.1) is 0 Å². The Bertz CT molecular complexity index is 812. The van der Waals surface area contributed by atoms with E-state index < -0.39 is 42.3 Å². The predicted molar refractivity (Wildman–Crippen MR) is 107 cm³/mol. The van der Waals surface area contributed by atoms with E-state index in [4.69, 9.17) is 27.9 Å². The van der Waals surface area contributed by atoms with Gasteiger partial charge in [-0.05, 0) is 38.5 Å². The van der Waals surface area contributed by atoms with Crippen molar-refractivity contribution < 1.29 is 32.3 Å². The van der Waals surface area contributed by atoms with Crippen molar-refractivity contribution in [1.82, 2.24) is 9.80 Å². The molecule has 1 rings (SSSR count). The number of nitrogens with zero attached hydrogens (tertiary/aromatic N) is 2. The van der Waals surface area contributed by atoms with Gasteiger partial charge < -0.3 is 14.4 Å². The molecule has 30 heavy (non-hydrogen) atoms. The lowest BCUT2D eigenvalue weighted by molar-refractivity contribution is -0.185. The van der Waals surface area contributed by atoms with Crippen LogP contribution in [0.3, 0.4) is 0 Å². The summed E-state index contributed by atoms with van der Waals surface area (Å²) < 4.78 is 44.2. The van der Waals surface area contributed by atoms with E-state index in [1.165, 1.54) is 25.2 Å². The molecule has 0 saturated heterocycles. The third-order valence-electron chi connectivity index (χ3n) is 4.28. The van der Waals surface area contributed by atoms with Gasteiger partial charge in [0.15, 0.2) is 0 Å². The Balaban J connectivity index is 3.60. The SMILES string of the molecule is CN(C[C@](CC=O)(c1ccc(Cl)c(Cl)c1)N(C)C(=O)OC(C)(C)C)C(=O)C(F)(F)F. The molecule has 0 aliphatic heterocycles. The van der Waals surface area contributed by atoms with Crippen molar-refractivity contribution in [1.29, 1.82) is 0 Å². The van der Waals surface area contributed by atoms with Crippen LogP contribution in [0.25, 0.3) is 0 Å². The highest BCUT2D eigenvalue weighted by Gasteiger charge is 2.47. The maximum atomic E-state index is 13.0. The Labute approximate surface area is 182 Å². The van der Waals surface area contributed by atoms with Gasteiger partial charge >= 0.3 is 18.2 Å². The van der Waals surface area contributed by atoms with Crippen LogP contribution in [0, 0.1) is 0 Å². The maximum absolute atomic E-state index is 13.0. The van der Waals surface area contributed by atoms with Gasteiger partial charge in [0, 0.05) is 27.1 Å². The van der Waals surface area contributed by atoms with Gasteiger partial charge in [-0.3, -0.25) is 9.69 Å². The van der Waals surface area contributed by atoms with E-state index >= 15 is 0 Å². The Kier molecular flexibility index (Phi) is 8.18. The molecule has 0 saturated carbocycles. The van der Waals surface area contributed by atoms with Crippen molar-refractivity contribution in [3.05, 3.63) is 33.8 Å². The molecule has 0 aromatic heterocycles. The summed E-state index contributed by atoms with van der Waals surface area (Å²) in [5, 5.41) is 0.229. The van der Waals surface area contributed by atoms with E-state index in [9.17, 15) is 27.6 Å². The summed E-state index contributed by atoms with van der Waals surface area (Å²) in [6.45, 7) is 4.17. The predicted octanol–water partition coefficient (Wildman–Crippen LogP) is 4.67. The molecule has 0 spiro atoms. The smallest absolute Gasteiger partial charge is 0.444 e. The molecule has 0 heterocycles. The average molecular weight is 471 g/mol. The monoisotopic (exact) mass is 470 g/mol. The molecule has 0 N–H and O–H groups in total. The van der Waals surface area contributed by atoms with Gasteiger partial charge in [-0.2, -0.15) is 13.2 Å². The molecule has 0 radical (unpaired) electrons. The van der Waals surface area contributed by atoms with Gasteiger partial charge in [0.1, 0.15) is 11.9 Å². The number of likely N-dealkylation sites (N-methyl/N-ethyl adjacent to an activating group) is 2. The number of hydrogen-bond acceptors (Lipinski definition) is 4. The first-order valence-corrected chi connectivity index (χ1v) is 9.49. The second kappa shape index (κ2) is 9.43. The van der Waals surface area contributed by atoms with E-state index in [1.807, 2.05) is 0 Å². The quantitative estimate of drug-likeness (QED) is 0.566. The molecule has 0 fully saturated rings. The second-order valence-corrected chi connectivity index (χ2v) is 8.54. The minimum atomic E-state index is -5.14. The highest BCUT2D eigenvalue weighted by molar-refractivity contribution is 6.42. The zero-order valence-corrected chi connectivity index (χ0v) is 18.7. The van der Waals surface area contributed by atoms with Crippen LogP contribution in [0.4, 0.5) is 18.0 Å². The zero-order chi connectivity index (χ0) is 23.5. The molecular formula is C19H23Cl2F3N2O4. The lowest BCUT2D eigenvalue weighted by atomic mass is 9.84. The number of alkyl halides is 3. The van der Waals surface area contributed by atoms with Gasteiger partial charge in [0.2, 0.25) is 0 Å². The topological polar surface area (TPSA) is 66.9 Å². The zero-order valence-electron chi connectivity index (χ0n) is 17.1. The Hall–Kier alpha value is -2.00. The van der Waals surface area contributed by atoms with Crippen LogP contribution in [0.2, 0.25) is 10.0 Å². The number of halogens is 5. The molecule has 0 aliphatic rings. The highest BCUT2D eigenvalue weighted by Crippen LogP contribution is 2.37. The third kappa shape index (κ3) is 6.25. The Morgan fingerprint density at radius 3 is 2.10 bits per heavy atom. The van der Waals surface area contributed by atoms with E-state index in [-0.39, 0.29) is 15.6 Å². The van der Waals surface area contributed by atoms with Crippen LogP contribution in [0.15, 0.2) is 18.2 Å². The van der Waals surface area contributed by atoms with Crippen LogP contribution >= 0.6 is 23.2 Å². The fraction of sp³-hybridized carbons (Fsp3) is 0.526. The number of hydrogen-bond donors (Lipinski definition) is 0. The summed E-state index contributed by atoms with van der Waals surface area (Å²) in [6, 6.07) is 4.14. The van der Waals surface area contributed by atoms with Crippen LogP contribution < -0.4 is 0 Å². The van der Waals surface area contributed by atoms with Crippen LogP contribution in [0.5, 0.6) is 0 Å². The standard InChI is InChI=1S/C19H23Cl2F3N2O4/c1-17(2,3)30-16(29)26(5)18(8-9-27,11-25(4)15(28)19(22,23)24)12-6-7-13(20)14(21)10-12/h6-7,9-10H,8,11H2,1-5H3/t18-/m1/s1. The lowest BCUT2D eigenvalue weighted by Gasteiger charge is -2.43. The van der Waals surface area contributed by atoms with Crippen molar-refractivity contribution in [3.8, 4) is 0 Å². The molecule has 1 aromatic rings. The number of ether oxygens (including phenoxy) is 1. The molecule has 1 aromatic carbocycles. The molecule has 1 atom stereocenters. The van der Waals surface area contributed by atoms with Crippen molar-refractivity contribution in [2.24, 2.45) is 0 Å². The first-order valence-electron chi connectivity index (χ1n) is 8.73. The van der Waals surface area contributed by atoms with E-state index in [2.05, 4.69) is 0 Å². The van der Waals surface area contributed by atoms with E-state index in [1.54, 1.807) is 20.8 Å². The summed E-state index contributed by atoms with van der Waals surface area (Å²) in [5.74, 6) is -2.13. The largest absolute Gasteiger partial charge is 0.471 e. The normalized spacial score (nSPS) is 13.9. The van der Waals surface area contributed by atoms with Crippen molar-refractivity contribution in [2.75, 3.05) is 20.6 Å². The average Bonchev–Trinajstić information content (AvgIpc) is 2.59. The summed E-state index contributed by atoms with van der Waals surface area (Å²) in [6.07, 6.45) is -6.03. The molecule has 0 unspecified atom stereocenters. The Morgan fingerprint density at radius 1 is 1.10 bits per heavy atom. The van der Waals surface area contributed by atoms with E-state index in [0.717, 1.165) is 11.9 Å². The number of amides is 2. The van der Waals surface area contributed by atoms with Crippen molar-refractivity contribution in [3.63, 3.8) is 0 Å². The molecule has 0 aliphatic carbocycles. The second-order valence-electron chi connectivity index (χ2n) is 7.73. The number of carbonyl (C=O) groups is 3. The maximum Gasteiger partial charge on any atom is 0.471 e. The molecule has 11 heteroatoms. The van der Waals surface area contributed by atoms with Crippen LogP contribution in [-0.4, -0.2) is 60.5 Å². The van der Waals surface area contributed by atoms with Crippen molar-refractivity contribution >= 4 is 41.5 Å². The van der Waals surface area contributed by atoms with E-state index in [0.29, 0.717) is 11.2 Å². The summed E-state index contributed by atoms with van der Waals surface area (Å²) >= 11 is 12.0. The van der Waals surface area contributed by atoms with Crippen molar-refractivity contribution in [2.45, 2.75) is 44.5 Å². The van der Waals surface area contributed by atoms with Gasteiger partial charge in [0.05, 0.1) is 15.6 Å².